The van der Waals surface area contributed by atoms with E-state index in [0.29, 0.717) is 35.8 Å². The summed E-state index contributed by atoms with van der Waals surface area (Å²) >= 11 is 0. The van der Waals surface area contributed by atoms with Crippen molar-refractivity contribution >= 4 is 11.6 Å². The van der Waals surface area contributed by atoms with Gasteiger partial charge in [0.1, 0.15) is 11.5 Å². The highest BCUT2D eigenvalue weighted by Crippen LogP contribution is 2.32. The number of piperidine rings is 1. The van der Waals surface area contributed by atoms with Gasteiger partial charge in [0.05, 0.1) is 25.5 Å². The third kappa shape index (κ3) is 3.21. The van der Waals surface area contributed by atoms with Crippen LogP contribution in [0.25, 0.3) is 0 Å². The Bertz CT molecular complexity index is 519. The molecule has 0 bridgehead atoms. The lowest BCUT2D eigenvalue weighted by atomic mass is 9.98. The second-order valence-corrected chi connectivity index (χ2v) is 5.23. The van der Waals surface area contributed by atoms with Gasteiger partial charge in [-0.3, -0.25) is 4.79 Å². The Morgan fingerprint density at radius 2 is 2.19 bits per heavy atom. The number of rotatable bonds is 4. The molecule has 3 N–H and O–H groups in total. The molecule has 1 saturated heterocycles. The van der Waals surface area contributed by atoms with Crippen molar-refractivity contribution in [2.24, 2.45) is 5.92 Å². The van der Waals surface area contributed by atoms with Gasteiger partial charge in [-0.2, -0.15) is 0 Å². The number of carbonyl (C=O) groups is 1. The van der Waals surface area contributed by atoms with Crippen molar-refractivity contribution in [3.05, 3.63) is 17.7 Å². The zero-order chi connectivity index (χ0) is 15.4. The maximum atomic E-state index is 12.7. The number of anilines is 1. The van der Waals surface area contributed by atoms with E-state index in [0.717, 1.165) is 12.8 Å². The number of hydrogen-bond acceptors (Lipinski definition) is 5. The number of ether oxygens (including phenoxy) is 2. The Morgan fingerprint density at radius 1 is 1.43 bits per heavy atom. The summed E-state index contributed by atoms with van der Waals surface area (Å²) in [6, 6.07) is 3.28. The van der Waals surface area contributed by atoms with Crippen molar-refractivity contribution in [2.45, 2.75) is 12.8 Å². The van der Waals surface area contributed by atoms with Gasteiger partial charge in [-0.05, 0) is 24.8 Å². The van der Waals surface area contributed by atoms with E-state index in [1.54, 1.807) is 17.0 Å². The monoisotopic (exact) mass is 294 g/mol. The summed E-state index contributed by atoms with van der Waals surface area (Å²) in [5, 5.41) is 9.28. The molecular weight excluding hydrogens is 272 g/mol. The average Bonchev–Trinajstić information content (AvgIpc) is 2.54. The third-order valence-electron chi connectivity index (χ3n) is 3.87. The molecule has 116 valence electrons. The highest BCUT2D eigenvalue weighted by Gasteiger charge is 2.26. The summed E-state index contributed by atoms with van der Waals surface area (Å²) in [5.74, 6) is 0.938. The molecule has 0 aliphatic carbocycles. The van der Waals surface area contributed by atoms with Crippen LogP contribution in [-0.4, -0.2) is 49.8 Å². The molecule has 21 heavy (non-hydrogen) atoms. The van der Waals surface area contributed by atoms with Crippen LogP contribution in [0.5, 0.6) is 11.5 Å². The minimum atomic E-state index is -0.150. The predicted molar refractivity (Wildman–Crippen MR) is 79.7 cm³/mol. The molecule has 0 radical (unpaired) electrons. The van der Waals surface area contributed by atoms with E-state index in [-0.39, 0.29) is 18.4 Å². The van der Waals surface area contributed by atoms with Crippen molar-refractivity contribution in [1.82, 2.24) is 4.90 Å². The highest BCUT2D eigenvalue weighted by atomic mass is 16.5. The van der Waals surface area contributed by atoms with Crippen LogP contribution in [0.15, 0.2) is 12.1 Å². The maximum Gasteiger partial charge on any atom is 0.256 e. The number of amides is 1. The minimum absolute atomic E-state index is 0.0979. The molecule has 1 aliphatic rings. The zero-order valence-corrected chi connectivity index (χ0v) is 12.5. The molecule has 0 spiro atoms. The van der Waals surface area contributed by atoms with Gasteiger partial charge in [0, 0.05) is 25.8 Å². The Morgan fingerprint density at radius 3 is 2.81 bits per heavy atom. The molecule has 1 aromatic carbocycles. The lowest BCUT2D eigenvalue weighted by Gasteiger charge is -2.32. The van der Waals surface area contributed by atoms with E-state index in [9.17, 15) is 9.90 Å². The fraction of sp³-hybridized carbons (Fsp3) is 0.533. The summed E-state index contributed by atoms with van der Waals surface area (Å²) in [4.78, 5) is 14.4. The first-order valence-electron chi connectivity index (χ1n) is 7.02. The van der Waals surface area contributed by atoms with Gasteiger partial charge in [0.25, 0.3) is 5.91 Å². The predicted octanol–water partition coefficient (Wildman–Crippen LogP) is 1.13. The molecule has 1 heterocycles. The fourth-order valence-corrected chi connectivity index (χ4v) is 2.63. The largest absolute Gasteiger partial charge is 0.497 e. The zero-order valence-electron chi connectivity index (χ0n) is 12.5. The summed E-state index contributed by atoms with van der Waals surface area (Å²) in [5.41, 5.74) is 6.71. The van der Waals surface area contributed by atoms with Gasteiger partial charge in [-0.1, -0.05) is 0 Å². The first-order chi connectivity index (χ1) is 10.1. The van der Waals surface area contributed by atoms with Crippen LogP contribution in [0.4, 0.5) is 5.69 Å². The van der Waals surface area contributed by atoms with E-state index in [4.69, 9.17) is 15.2 Å². The number of benzene rings is 1. The summed E-state index contributed by atoms with van der Waals surface area (Å²) in [6.07, 6.45) is 1.83. The Labute approximate surface area is 124 Å². The standard InChI is InChI=1S/C15H22N2O4/c1-20-11-6-12(14(16)13(7-11)21-2)15(19)17-5-3-4-10(8-17)9-18/h6-7,10,18H,3-5,8-9,16H2,1-2H3. The molecule has 1 amide bonds. The summed E-state index contributed by atoms with van der Waals surface area (Å²) in [6.45, 7) is 1.32. The lowest BCUT2D eigenvalue weighted by Crippen LogP contribution is -2.41. The SMILES string of the molecule is COc1cc(OC)c(N)c(C(=O)N2CCCC(CO)C2)c1. The molecule has 1 aliphatic heterocycles. The van der Waals surface area contributed by atoms with Gasteiger partial charge in [0.15, 0.2) is 0 Å². The summed E-state index contributed by atoms with van der Waals surface area (Å²) < 4.78 is 10.4. The van der Waals surface area contributed by atoms with Crippen LogP contribution >= 0.6 is 0 Å². The van der Waals surface area contributed by atoms with Gasteiger partial charge in [0.2, 0.25) is 0 Å². The van der Waals surface area contributed by atoms with Crippen LogP contribution in [-0.2, 0) is 0 Å². The van der Waals surface area contributed by atoms with Gasteiger partial charge in [-0.15, -0.1) is 0 Å². The first-order valence-corrected chi connectivity index (χ1v) is 7.02. The van der Waals surface area contributed by atoms with Crippen LogP contribution in [0.1, 0.15) is 23.2 Å². The first kappa shape index (κ1) is 15.4. The van der Waals surface area contributed by atoms with Crippen molar-refractivity contribution < 1.29 is 19.4 Å². The normalized spacial score (nSPS) is 18.4. The molecule has 1 aromatic rings. The van der Waals surface area contributed by atoms with Crippen molar-refractivity contribution in [1.29, 1.82) is 0 Å². The second-order valence-electron chi connectivity index (χ2n) is 5.23. The van der Waals surface area contributed by atoms with Gasteiger partial charge < -0.3 is 25.2 Å². The van der Waals surface area contributed by atoms with Crippen molar-refractivity contribution in [3.8, 4) is 11.5 Å². The van der Waals surface area contributed by atoms with E-state index >= 15 is 0 Å². The lowest BCUT2D eigenvalue weighted by molar-refractivity contribution is 0.0621. The number of aliphatic hydroxyl groups is 1. The maximum absolute atomic E-state index is 12.7. The van der Waals surface area contributed by atoms with E-state index < -0.39 is 0 Å². The summed E-state index contributed by atoms with van der Waals surface area (Å²) in [7, 11) is 3.03. The Hall–Kier alpha value is -1.95. The Kier molecular flexibility index (Phi) is 4.90. The number of nitrogens with zero attached hydrogens (tertiary/aromatic N) is 1. The van der Waals surface area contributed by atoms with Crippen LogP contribution in [0, 0.1) is 5.92 Å². The van der Waals surface area contributed by atoms with E-state index in [1.807, 2.05) is 0 Å². The van der Waals surface area contributed by atoms with E-state index in [2.05, 4.69) is 0 Å². The topological polar surface area (TPSA) is 85.0 Å². The minimum Gasteiger partial charge on any atom is -0.497 e. The third-order valence-corrected chi connectivity index (χ3v) is 3.87. The molecule has 6 heteroatoms. The fourth-order valence-electron chi connectivity index (χ4n) is 2.63. The van der Waals surface area contributed by atoms with Gasteiger partial charge in [-0.25, -0.2) is 0 Å². The number of nitrogen functional groups attached to an aromatic ring is 1. The molecule has 1 unspecified atom stereocenters. The van der Waals surface area contributed by atoms with Crippen molar-refractivity contribution in [2.75, 3.05) is 39.6 Å². The molecule has 1 atom stereocenters. The van der Waals surface area contributed by atoms with Crippen LogP contribution in [0.3, 0.4) is 0 Å². The number of aliphatic hydroxyl groups excluding tert-OH is 1. The van der Waals surface area contributed by atoms with Crippen LogP contribution in [0.2, 0.25) is 0 Å². The smallest absolute Gasteiger partial charge is 0.256 e. The molecule has 0 aromatic heterocycles. The average molecular weight is 294 g/mol. The van der Waals surface area contributed by atoms with Crippen molar-refractivity contribution in [3.63, 3.8) is 0 Å². The highest BCUT2D eigenvalue weighted by molar-refractivity contribution is 6.01. The number of likely N-dealkylation sites (tertiary alicyclic amines) is 1. The van der Waals surface area contributed by atoms with Crippen LogP contribution < -0.4 is 15.2 Å². The molecular formula is C15H22N2O4. The molecule has 0 saturated carbocycles. The quantitative estimate of drug-likeness (QED) is 0.813. The molecule has 2 rings (SSSR count). The van der Waals surface area contributed by atoms with Gasteiger partial charge >= 0.3 is 0 Å². The number of methoxy groups -OCH3 is 2. The number of nitrogens with two attached hydrogens (primary N) is 1. The van der Waals surface area contributed by atoms with E-state index in [1.165, 1.54) is 14.2 Å². The second kappa shape index (κ2) is 6.67. The number of carbonyl (C=O) groups excluding carboxylic acids is 1. The molecule has 1 fully saturated rings. The Balaban J connectivity index is 2.29. The number of hydrogen-bond donors (Lipinski definition) is 2. The molecule has 6 nitrogen and oxygen atoms in total.